The second-order valence-corrected chi connectivity index (χ2v) is 6.53. The lowest BCUT2D eigenvalue weighted by Gasteiger charge is -2.35. The Morgan fingerprint density at radius 1 is 1.16 bits per heavy atom. The standard InChI is InChI=1S/C20H21ClO4/c1-23-18-8-3-2-5-15(18)14-25-19(22)20(9-11-24-12-10-20)16-6-4-7-17(21)13-16/h2-8,13H,9-12,14H2,1H3. The molecule has 1 fully saturated rings. The van der Waals surface area contributed by atoms with E-state index >= 15 is 0 Å². The van der Waals surface area contributed by atoms with Crippen molar-refractivity contribution in [2.75, 3.05) is 20.3 Å². The Bertz CT molecular complexity index is 738. The molecule has 0 N–H and O–H groups in total. The number of benzene rings is 2. The Morgan fingerprint density at radius 3 is 2.64 bits per heavy atom. The van der Waals surface area contributed by atoms with Crippen molar-refractivity contribution in [1.29, 1.82) is 0 Å². The van der Waals surface area contributed by atoms with Crippen molar-refractivity contribution >= 4 is 17.6 Å². The summed E-state index contributed by atoms with van der Waals surface area (Å²) < 4.78 is 16.5. The molecule has 2 aromatic carbocycles. The van der Waals surface area contributed by atoms with Gasteiger partial charge in [-0.15, -0.1) is 0 Å². The fourth-order valence-electron chi connectivity index (χ4n) is 3.22. The normalized spacial score (nSPS) is 16.2. The lowest BCUT2D eigenvalue weighted by molar-refractivity contribution is -0.156. The molecule has 0 atom stereocenters. The van der Waals surface area contributed by atoms with Gasteiger partial charge in [-0.1, -0.05) is 41.9 Å². The van der Waals surface area contributed by atoms with Crippen LogP contribution in [0.5, 0.6) is 5.75 Å². The summed E-state index contributed by atoms with van der Waals surface area (Å²) in [5, 5.41) is 0.612. The Balaban J connectivity index is 1.83. The lowest BCUT2D eigenvalue weighted by Crippen LogP contribution is -2.42. The second kappa shape index (κ2) is 7.89. The Kier molecular flexibility index (Phi) is 5.61. The highest BCUT2D eigenvalue weighted by atomic mass is 35.5. The molecule has 0 saturated carbocycles. The van der Waals surface area contributed by atoms with Crippen LogP contribution in [-0.4, -0.2) is 26.3 Å². The van der Waals surface area contributed by atoms with E-state index in [0.717, 1.165) is 11.1 Å². The fraction of sp³-hybridized carbons (Fsp3) is 0.350. The molecule has 1 aliphatic rings. The molecule has 1 heterocycles. The molecule has 4 nitrogen and oxygen atoms in total. The average Bonchev–Trinajstić information content (AvgIpc) is 2.66. The second-order valence-electron chi connectivity index (χ2n) is 6.09. The first kappa shape index (κ1) is 17.8. The van der Waals surface area contributed by atoms with Crippen molar-refractivity contribution in [2.24, 2.45) is 0 Å². The van der Waals surface area contributed by atoms with Crippen molar-refractivity contribution in [1.82, 2.24) is 0 Å². The van der Waals surface area contributed by atoms with Gasteiger partial charge in [0.2, 0.25) is 0 Å². The number of carbonyl (C=O) groups excluding carboxylic acids is 1. The number of methoxy groups -OCH3 is 1. The third kappa shape index (κ3) is 3.80. The molecular weight excluding hydrogens is 340 g/mol. The van der Waals surface area contributed by atoms with Crippen LogP contribution >= 0.6 is 11.6 Å². The largest absolute Gasteiger partial charge is 0.496 e. The van der Waals surface area contributed by atoms with Crippen LogP contribution in [0.3, 0.4) is 0 Å². The van der Waals surface area contributed by atoms with Crippen molar-refractivity contribution in [3.63, 3.8) is 0 Å². The topological polar surface area (TPSA) is 44.8 Å². The molecule has 25 heavy (non-hydrogen) atoms. The van der Waals surface area contributed by atoms with Crippen molar-refractivity contribution < 1.29 is 19.0 Å². The van der Waals surface area contributed by atoms with E-state index < -0.39 is 5.41 Å². The number of hydrogen-bond donors (Lipinski definition) is 0. The molecule has 0 aliphatic carbocycles. The van der Waals surface area contributed by atoms with Gasteiger partial charge in [-0.3, -0.25) is 4.79 Å². The van der Waals surface area contributed by atoms with E-state index in [-0.39, 0.29) is 12.6 Å². The smallest absolute Gasteiger partial charge is 0.317 e. The van der Waals surface area contributed by atoms with Gasteiger partial charge in [-0.25, -0.2) is 0 Å². The van der Waals surface area contributed by atoms with Gasteiger partial charge in [0.25, 0.3) is 0 Å². The van der Waals surface area contributed by atoms with Gasteiger partial charge < -0.3 is 14.2 Å². The number of para-hydroxylation sites is 1. The van der Waals surface area contributed by atoms with Gasteiger partial charge in [0.15, 0.2) is 0 Å². The van der Waals surface area contributed by atoms with Crippen molar-refractivity contribution in [3.8, 4) is 5.75 Å². The Morgan fingerprint density at radius 2 is 1.92 bits per heavy atom. The van der Waals surface area contributed by atoms with Gasteiger partial charge in [-0.2, -0.15) is 0 Å². The predicted molar refractivity (Wildman–Crippen MR) is 96.0 cm³/mol. The number of esters is 1. The average molecular weight is 361 g/mol. The lowest BCUT2D eigenvalue weighted by atomic mass is 9.74. The van der Waals surface area contributed by atoms with E-state index in [2.05, 4.69) is 0 Å². The Hall–Kier alpha value is -2.04. The number of halogens is 1. The zero-order valence-electron chi connectivity index (χ0n) is 14.2. The maximum absolute atomic E-state index is 13.0. The van der Waals surface area contributed by atoms with Crippen LogP contribution in [0, 0.1) is 0 Å². The maximum atomic E-state index is 13.0. The molecule has 5 heteroatoms. The van der Waals surface area contributed by atoms with Crippen LogP contribution in [-0.2, 0) is 26.3 Å². The summed E-state index contributed by atoms with van der Waals surface area (Å²) in [4.78, 5) is 13.0. The van der Waals surface area contributed by atoms with E-state index in [0.29, 0.717) is 36.8 Å². The van der Waals surface area contributed by atoms with Crippen LogP contribution in [0.4, 0.5) is 0 Å². The molecule has 0 aromatic heterocycles. The molecule has 1 saturated heterocycles. The van der Waals surface area contributed by atoms with Crippen LogP contribution < -0.4 is 4.74 Å². The molecule has 0 unspecified atom stereocenters. The summed E-state index contributed by atoms with van der Waals surface area (Å²) in [6.07, 6.45) is 1.16. The Labute approximate surface area is 152 Å². The van der Waals surface area contributed by atoms with E-state index in [1.807, 2.05) is 42.5 Å². The quantitative estimate of drug-likeness (QED) is 0.752. The van der Waals surface area contributed by atoms with E-state index in [1.54, 1.807) is 13.2 Å². The highest BCUT2D eigenvalue weighted by Gasteiger charge is 2.43. The minimum atomic E-state index is -0.717. The number of ether oxygens (including phenoxy) is 3. The summed E-state index contributed by atoms with van der Waals surface area (Å²) >= 11 is 6.14. The molecule has 0 bridgehead atoms. The van der Waals surface area contributed by atoms with Crippen LogP contribution in [0.1, 0.15) is 24.0 Å². The molecule has 3 rings (SSSR count). The monoisotopic (exact) mass is 360 g/mol. The maximum Gasteiger partial charge on any atom is 0.317 e. The highest BCUT2D eigenvalue weighted by Crippen LogP contribution is 2.37. The summed E-state index contributed by atoms with van der Waals surface area (Å²) in [5.74, 6) is 0.461. The van der Waals surface area contributed by atoms with Crippen LogP contribution in [0.25, 0.3) is 0 Å². The number of hydrogen-bond acceptors (Lipinski definition) is 4. The molecule has 0 amide bonds. The minimum absolute atomic E-state index is 0.173. The summed E-state index contributed by atoms with van der Waals surface area (Å²) in [6, 6.07) is 15.0. The summed E-state index contributed by atoms with van der Waals surface area (Å²) in [5.41, 5.74) is 1.01. The molecule has 0 radical (unpaired) electrons. The minimum Gasteiger partial charge on any atom is -0.496 e. The molecule has 2 aromatic rings. The van der Waals surface area contributed by atoms with Crippen molar-refractivity contribution in [3.05, 3.63) is 64.7 Å². The van der Waals surface area contributed by atoms with E-state index in [1.165, 1.54) is 0 Å². The van der Waals surface area contributed by atoms with Crippen LogP contribution in [0.15, 0.2) is 48.5 Å². The molecule has 1 aliphatic heterocycles. The molecule has 0 spiro atoms. The fourth-order valence-corrected chi connectivity index (χ4v) is 3.41. The molecular formula is C20H21ClO4. The summed E-state index contributed by atoms with van der Waals surface area (Å²) in [7, 11) is 1.60. The van der Waals surface area contributed by atoms with Gasteiger partial charge in [-0.05, 0) is 36.6 Å². The van der Waals surface area contributed by atoms with Crippen molar-refractivity contribution in [2.45, 2.75) is 24.9 Å². The molecule has 132 valence electrons. The highest BCUT2D eigenvalue weighted by molar-refractivity contribution is 6.30. The van der Waals surface area contributed by atoms with E-state index in [4.69, 9.17) is 25.8 Å². The summed E-state index contributed by atoms with van der Waals surface area (Å²) in [6.45, 7) is 1.22. The third-order valence-corrected chi connectivity index (χ3v) is 4.90. The van der Waals surface area contributed by atoms with Crippen LogP contribution in [0.2, 0.25) is 5.02 Å². The first-order chi connectivity index (χ1) is 12.2. The SMILES string of the molecule is COc1ccccc1COC(=O)C1(c2cccc(Cl)c2)CCOCC1. The first-order valence-corrected chi connectivity index (χ1v) is 8.66. The number of rotatable bonds is 5. The third-order valence-electron chi connectivity index (χ3n) is 4.67. The number of carbonyl (C=O) groups is 1. The van der Waals surface area contributed by atoms with Gasteiger partial charge in [0, 0.05) is 23.8 Å². The van der Waals surface area contributed by atoms with Gasteiger partial charge in [0.05, 0.1) is 12.5 Å². The van der Waals surface area contributed by atoms with Gasteiger partial charge in [0.1, 0.15) is 12.4 Å². The van der Waals surface area contributed by atoms with E-state index in [9.17, 15) is 4.79 Å². The zero-order valence-corrected chi connectivity index (χ0v) is 14.9. The zero-order chi connectivity index (χ0) is 17.7. The van der Waals surface area contributed by atoms with Gasteiger partial charge >= 0.3 is 5.97 Å². The first-order valence-electron chi connectivity index (χ1n) is 8.29. The predicted octanol–water partition coefficient (Wildman–Crippen LogP) is 4.14.